The van der Waals surface area contributed by atoms with Crippen LogP contribution >= 0.6 is 0 Å². The first-order valence-electron chi connectivity index (χ1n) is 8.46. The van der Waals surface area contributed by atoms with E-state index in [2.05, 4.69) is 41.4 Å². The maximum Gasteiger partial charge on any atom is 0.122 e. The molecule has 2 aliphatic rings. The second-order valence-electron chi connectivity index (χ2n) is 6.53. The van der Waals surface area contributed by atoms with Gasteiger partial charge in [0.25, 0.3) is 0 Å². The molecule has 3 heteroatoms. The normalized spacial score (nSPS) is 19.9. The Kier molecular flexibility index (Phi) is 5.15. The fourth-order valence-electron chi connectivity index (χ4n) is 3.25. The van der Waals surface area contributed by atoms with Crippen LogP contribution in [-0.2, 0) is 0 Å². The molecule has 0 amide bonds. The molecule has 1 aromatic rings. The second-order valence-corrected chi connectivity index (χ2v) is 6.53. The molecule has 3 nitrogen and oxygen atoms in total. The van der Waals surface area contributed by atoms with E-state index in [1.807, 2.05) is 0 Å². The topological polar surface area (TPSA) is 24.5 Å². The molecule has 1 aliphatic carbocycles. The Morgan fingerprint density at radius 2 is 1.90 bits per heavy atom. The molecule has 3 rings (SSSR count). The molecule has 0 bridgehead atoms. The molecule has 0 spiro atoms. The zero-order chi connectivity index (χ0) is 14.5. The summed E-state index contributed by atoms with van der Waals surface area (Å²) in [6.45, 7) is 7.66. The van der Waals surface area contributed by atoms with Gasteiger partial charge in [-0.15, -0.1) is 0 Å². The number of aryl methyl sites for hydroxylation is 1. The van der Waals surface area contributed by atoms with Crippen molar-refractivity contribution >= 4 is 0 Å². The molecule has 0 atom stereocenters. The summed E-state index contributed by atoms with van der Waals surface area (Å²) in [5, 5.41) is 3.46. The van der Waals surface area contributed by atoms with E-state index in [9.17, 15) is 0 Å². The average molecular weight is 288 g/mol. The van der Waals surface area contributed by atoms with Gasteiger partial charge in [-0.05, 0) is 63.2 Å². The highest BCUT2D eigenvalue weighted by Gasteiger charge is 2.30. The van der Waals surface area contributed by atoms with Crippen LogP contribution in [0.3, 0.4) is 0 Å². The van der Waals surface area contributed by atoms with E-state index in [0.29, 0.717) is 0 Å². The number of nitrogens with one attached hydrogen (secondary N) is 1. The Balaban J connectivity index is 1.45. The quantitative estimate of drug-likeness (QED) is 0.835. The Morgan fingerprint density at radius 1 is 1.14 bits per heavy atom. The Bertz CT molecular complexity index is 439. The Labute approximate surface area is 128 Å². The van der Waals surface area contributed by atoms with Gasteiger partial charge < -0.3 is 10.1 Å². The third-order valence-electron chi connectivity index (χ3n) is 4.74. The largest absolute Gasteiger partial charge is 0.492 e. The van der Waals surface area contributed by atoms with Crippen LogP contribution in [-0.4, -0.2) is 43.7 Å². The maximum absolute atomic E-state index is 5.98. The minimum atomic E-state index is 0.812. The molecular formula is C18H28N2O. The molecular weight excluding hydrogens is 260 g/mol. The van der Waals surface area contributed by atoms with Gasteiger partial charge >= 0.3 is 0 Å². The predicted octanol–water partition coefficient (Wildman–Crippen LogP) is 2.84. The molecule has 1 aliphatic heterocycles. The van der Waals surface area contributed by atoms with Crippen molar-refractivity contribution in [3.8, 4) is 5.75 Å². The molecule has 1 saturated heterocycles. The molecule has 0 radical (unpaired) electrons. The van der Waals surface area contributed by atoms with Crippen LogP contribution in [0.1, 0.15) is 31.2 Å². The minimum Gasteiger partial charge on any atom is -0.492 e. The highest BCUT2D eigenvalue weighted by Crippen LogP contribution is 2.28. The van der Waals surface area contributed by atoms with Gasteiger partial charge in [0.2, 0.25) is 0 Å². The lowest BCUT2D eigenvalue weighted by atomic mass is 9.97. The van der Waals surface area contributed by atoms with Gasteiger partial charge in [0.15, 0.2) is 0 Å². The molecule has 1 aromatic carbocycles. The molecule has 116 valence electrons. The van der Waals surface area contributed by atoms with Crippen LogP contribution in [0, 0.1) is 12.8 Å². The number of rotatable bonds is 7. The lowest BCUT2D eigenvalue weighted by Gasteiger charge is -2.30. The van der Waals surface area contributed by atoms with Gasteiger partial charge in [0.1, 0.15) is 12.4 Å². The van der Waals surface area contributed by atoms with Crippen LogP contribution in [0.25, 0.3) is 0 Å². The fourth-order valence-corrected chi connectivity index (χ4v) is 3.25. The molecule has 0 aromatic heterocycles. The van der Waals surface area contributed by atoms with E-state index in [1.165, 1.54) is 50.9 Å². The van der Waals surface area contributed by atoms with Gasteiger partial charge in [-0.3, -0.25) is 4.90 Å². The zero-order valence-electron chi connectivity index (χ0n) is 13.2. The number of hydrogen-bond acceptors (Lipinski definition) is 3. The first-order chi connectivity index (χ1) is 10.3. The summed E-state index contributed by atoms with van der Waals surface area (Å²) in [5.41, 5.74) is 1.23. The van der Waals surface area contributed by atoms with Crippen molar-refractivity contribution in [3.05, 3.63) is 29.8 Å². The van der Waals surface area contributed by atoms with Gasteiger partial charge in [0, 0.05) is 19.1 Å². The van der Waals surface area contributed by atoms with Crippen LogP contribution in [0.15, 0.2) is 24.3 Å². The van der Waals surface area contributed by atoms with Gasteiger partial charge in [-0.2, -0.15) is 0 Å². The van der Waals surface area contributed by atoms with Crippen molar-refractivity contribution in [2.45, 2.75) is 38.6 Å². The lowest BCUT2D eigenvalue weighted by molar-refractivity contribution is 0.164. The summed E-state index contributed by atoms with van der Waals surface area (Å²) in [6.07, 6.45) is 5.44. The first-order valence-corrected chi connectivity index (χ1v) is 8.46. The first kappa shape index (κ1) is 14.9. The Morgan fingerprint density at radius 3 is 2.62 bits per heavy atom. The third-order valence-corrected chi connectivity index (χ3v) is 4.74. The van der Waals surface area contributed by atoms with Crippen LogP contribution in [0.2, 0.25) is 0 Å². The number of hydrogen-bond donors (Lipinski definition) is 1. The van der Waals surface area contributed by atoms with Crippen molar-refractivity contribution in [3.63, 3.8) is 0 Å². The van der Waals surface area contributed by atoms with E-state index in [0.717, 1.165) is 30.9 Å². The summed E-state index contributed by atoms with van der Waals surface area (Å²) >= 11 is 0. The van der Waals surface area contributed by atoms with Gasteiger partial charge in [-0.25, -0.2) is 0 Å². The summed E-state index contributed by atoms with van der Waals surface area (Å²) < 4.78 is 5.98. The van der Waals surface area contributed by atoms with Crippen LogP contribution in [0.4, 0.5) is 0 Å². The summed E-state index contributed by atoms with van der Waals surface area (Å²) in [5.74, 6) is 1.92. The predicted molar refractivity (Wildman–Crippen MR) is 86.9 cm³/mol. The van der Waals surface area contributed by atoms with Crippen molar-refractivity contribution in [1.82, 2.24) is 10.2 Å². The lowest BCUT2D eigenvalue weighted by Crippen LogP contribution is -2.39. The molecule has 2 fully saturated rings. The monoisotopic (exact) mass is 288 g/mol. The van der Waals surface area contributed by atoms with Crippen LogP contribution < -0.4 is 10.1 Å². The maximum atomic E-state index is 5.98. The molecule has 0 unspecified atom stereocenters. The number of piperidine rings is 1. The van der Waals surface area contributed by atoms with E-state index < -0.39 is 0 Å². The Hall–Kier alpha value is -1.06. The summed E-state index contributed by atoms with van der Waals surface area (Å²) in [6, 6.07) is 9.14. The van der Waals surface area contributed by atoms with Crippen molar-refractivity contribution in [1.29, 1.82) is 0 Å². The molecule has 1 heterocycles. The molecule has 21 heavy (non-hydrogen) atoms. The standard InChI is InChI=1S/C18H28N2O/c1-15-4-2-3-5-18(15)21-13-12-20(17-6-7-17)14-16-8-10-19-11-9-16/h2-5,16-17,19H,6-14H2,1H3. The average Bonchev–Trinajstić information content (AvgIpc) is 3.34. The fraction of sp³-hybridized carbons (Fsp3) is 0.667. The number of nitrogens with zero attached hydrogens (tertiary/aromatic N) is 1. The van der Waals surface area contributed by atoms with Gasteiger partial charge in [-0.1, -0.05) is 18.2 Å². The third kappa shape index (κ3) is 4.45. The SMILES string of the molecule is Cc1ccccc1OCCN(CC1CCNCC1)C1CC1. The van der Waals surface area contributed by atoms with E-state index in [4.69, 9.17) is 4.74 Å². The molecule has 1 N–H and O–H groups in total. The number of para-hydroxylation sites is 1. The highest BCUT2D eigenvalue weighted by molar-refractivity contribution is 5.31. The smallest absolute Gasteiger partial charge is 0.122 e. The molecule has 1 saturated carbocycles. The summed E-state index contributed by atoms with van der Waals surface area (Å²) in [4.78, 5) is 2.67. The van der Waals surface area contributed by atoms with E-state index in [-0.39, 0.29) is 0 Å². The number of benzene rings is 1. The summed E-state index contributed by atoms with van der Waals surface area (Å²) in [7, 11) is 0. The van der Waals surface area contributed by atoms with Crippen molar-refractivity contribution < 1.29 is 4.74 Å². The minimum absolute atomic E-state index is 0.812. The van der Waals surface area contributed by atoms with Crippen molar-refractivity contribution in [2.75, 3.05) is 32.8 Å². The highest BCUT2D eigenvalue weighted by atomic mass is 16.5. The van der Waals surface area contributed by atoms with Crippen LogP contribution in [0.5, 0.6) is 5.75 Å². The zero-order valence-corrected chi connectivity index (χ0v) is 13.2. The van der Waals surface area contributed by atoms with Crippen molar-refractivity contribution in [2.24, 2.45) is 5.92 Å². The van der Waals surface area contributed by atoms with Gasteiger partial charge in [0.05, 0.1) is 0 Å². The second kappa shape index (κ2) is 7.28. The van der Waals surface area contributed by atoms with E-state index >= 15 is 0 Å². The van der Waals surface area contributed by atoms with E-state index in [1.54, 1.807) is 0 Å². The number of ether oxygens (including phenoxy) is 1.